The minimum absolute atomic E-state index is 0.220. The number of hydrogen-bond donors (Lipinski definition) is 1. The highest BCUT2D eigenvalue weighted by atomic mass is 16.5. The molecule has 6 rings (SSSR count). The third kappa shape index (κ3) is 3.72. The van der Waals surface area contributed by atoms with E-state index in [2.05, 4.69) is 25.3 Å². The second-order valence-corrected chi connectivity index (χ2v) is 8.37. The molecule has 4 aromatic rings. The summed E-state index contributed by atoms with van der Waals surface area (Å²) in [7, 11) is 1.96. The highest BCUT2D eigenvalue weighted by Crippen LogP contribution is 2.31. The molecule has 2 aliphatic heterocycles. The number of aryl methyl sites for hydroxylation is 1. The lowest BCUT2D eigenvalue weighted by Gasteiger charge is -2.27. The molecule has 6 heterocycles. The molecule has 0 saturated carbocycles. The van der Waals surface area contributed by atoms with Crippen molar-refractivity contribution < 1.29 is 9.26 Å². The maximum Gasteiger partial charge on any atom is 0.240 e. The summed E-state index contributed by atoms with van der Waals surface area (Å²) >= 11 is 0. The standard InChI is InChI=1S/C22H25N9O2/c1-30-19(14-4-7-23-8-5-14)25-16-20(30)26-17(27-21(16)31-9-11-32-12-10-31)18-28-22(33-29-18)15-3-2-6-24-13-15/h4-5,7-8,15,24H,2-3,6,9-13H2,1H3. The molecule has 0 aromatic carbocycles. The zero-order chi connectivity index (χ0) is 22.2. The predicted octanol–water partition coefficient (Wildman–Crippen LogP) is 1.78. The number of nitrogens with one attached hydrogen (secondary N) is 1. The van der Waals surface area contributed by atoms with Gasteiger partial charge in [0.05, 0.1) is 19.1 Å². The molecule has 0 aliphatic carbocycles. The SMILES string of the molecule is Cn1c(-c2ccncc2)nc2c(N3CCOCC3)nc(-c3noc(C4CCCNC4)n3)nc21. The van der Waals surface area contributed by atoms with Crippen molar-refractivity contribution in [3.05, 3.63) is 30.4 Å². The fraction of sp³-hybridized carbons (Fsp3) is 0.455. The van der Waals surface area contributed by atoms with E-state index in [1.807, 2.05) is 23.7 Å². The first-order valence-corrected chi connectivity index (χ1v) is 11.3. The number of piperidine rings is 1. The van der Waals surface area contributed by atoms with E-state index in [0.29, 0.717) is 30.8 Å². The average molecular weight is 448 g/mol. The van der Waals surface area contributed by atoms with Crippen molar-refractivity contribution in [2.24, 2.45) is 7.05 Å². The topological polar surface area (TPSA) is 120 Å². The maximum absolute atomic E-state index is 5.62. The number of nitrogens with zero attached hydrogens (tertiary/aromatic N) is 8. The number of hydrogen-bond acceptors (Lipinski definition) is 10. The first-order valence-electron chi connectivity index (χ1n) is 11.3. The van der Waals surface area contributed by atoms with Gasteiger partial charge in [-0.1, -0.05) is 5.16 Å². The lowest BCUT2D eigenvalue weighted by molar-refractivity contribution is 0.122. The minimum Gasteiger partial charge on any atom is -0.378 e. The van der Waals surface area contributed by atoms with Gasteiger partial charge in [-0.15, -0.1) is 0 Å². The molecule has 11 nitrogen and oxygen atoms in total. The summed E-state index contributed by atoms with van der Waals surface area (Å²) in [5.41, 5.74) is 2.43. The van der Waals surface area contributed by atoms with Crippen LogP contribution in [0.25, 0.3) is 34.2 Å². The molecule has 33 heavy (non-hydrogen) atoms. The Hall–Kier alpha value is -3.44. The van der Waals surface area contributed by atoms with Crippen LogP contribution in [0.4, 0.5) is 5.82 Å². The Bertz CT molecular complexity index is 1260. The van der Waals surface area contributed by atoms with E-state index in [0.717, 1.165) is 67.4 Å². The number of rotatable bonds is 4. The largest absolute Gasteiger partial charge is 0.378 e. The molecule has 0 spiro atoms. The molecule has 1 N–H and O–H groups in total. The first-order chi connectivity index (χ1) is 16.3. The molecular weight excluding hydrogens is 422 g/mol. The predicted molar refractivity (Wildman–Crippen MR) is 121 cm³/mol. The van der Waals surface area contributed by atoms with Crippen LogP contribution in [0.1, 0.15) is 24.7 Å². The van der Waals surface area contributed by atoms with Crippen molar-refractivity contribution in [1.82, 2.24) is 40.0 Å². The van der Waals surface area contributed by atoms with Crippen LogP contribution >= 0.6 is 0 Å². The molecule has 0 radical (unpaired) electrons. The monoisotopic (exact) mass is 447 g/mol. The second-order valence-electron chi connectivity index (χ2n) is 8.37. The Morgan fingerprint density at radius 2 is 1.88 bits per heavy atom. The zero-order valence-electron chi connectivity index (χ0n) is 18.4. The lowest BCUT2D eigenvalue weighted by Crippen LogP contribution is -2.37. The van der Waals surface area contributed by atoms with E-state index in [4.69, 9.17) is 24.2 Å². The Kier molecular flexibility index (Phi) is 5.19. The van der Waals surface area contributed by atoms with Crippen molar-refractivity contribution in [2.75, 3.05) is 44.3 Å². The van der Waals surface area contributed by atoms with Crippen LogP contribution < -0.4 is 10.2 Å². The van der Waals surface area contributed by atoms with Crippen molar-refractivity contribution in [2.45, 2.75) is 18.8 Å². The maximum atomic E-state index is 5.62. The lowest BCUT2D eigenvalue weighted by atomic mass is 10.00. The number of pyridine rings is 1. The van der Waals surface area contributed by atoms with E-state index in [1.54, 1.807) is 12.4 Å². The highest BCUT2D eigenvalue weighted by Gasteiger charge is 2.26. The quantitative estimate of drug-likeness (QED) is 0.496. The van der Waals surface area contributed by atoms with Gasteiger partial charge in [0.25, 0.3) is 0 Å². The van der Waals surface area contributed by atoms with Crippen LogP contribution in [0.15, 0.2) is 29.0 Å². The van der Waals surface area contributed by atoms with Crippen LogP contribution in [0.3, 0.4) is 0 Å². The number of morpholine rings is 1. The van der Waals surface area contributed by atoms with Crippen LogP contribution in [-0.4, -0.2) is 74.0 Å². The van der Waals surface area contributed by atoms with Crippen molar-refractivity contribution >= 4 is 17.0 Å². The molecule has 0 amide bonds. The second kappa shape index (κ2) is 8.49. The number of anilines is 1. The summed E-state index contributed by atoms with van der Waals surface area (Å²) < 4.78 is 13.1. The zero-order valence-corrected chi connectivity index (χ0v) is 18.4. The summed E-state index contributed by atoms with van der Waals surface area (Å²) in [5, 5.41) is 7.62. The van der Waals surface area contributed by atoms with Gasteiger partial charge in [-0.25, -0.2) is 15.0 Å². The Morgan fingerprint density at radius 1 is 1.03 bits per heavy atom. The molecule has 2 fully saturated rings. The fourth-order valence-electron chi connectivity index (χ4n) is 4.46. The molecule has 2 aliphatic rings. The molecule has 2 saturated heterocycles. The van der Waals surface area contributed by atoms with Gasteiger partial charge in [0.1, 0.15) is 5.82 Å². The number of fused-ring (bicyclic) bond motifs is 1. The molecule has 11 heteroatoms. The smallest absolute Gasteiger partial charge is 0.240 e. The highest BCUT2D eigenvalue weighted by molar-refractivity contribution is 5.88. The summed E-state index contributed by atoms with van der Waals surface area (Å²) in [4.78, 5) is 25.6. The third-order valence-corrected chi connectivity index (χ3v) is 6.24. The fourth-order valence-corrected chi connectivity index (χ4v) is 4.46. The molecule has 1 atom stereocenters. The van der Waals surface area contributed by atoms with Gasteiger partial charge >= 0.3 is 0 Å². The van der Waals surface area contributed by atoms with E-state index >= 15 is 0 Å². The van der Waals surface area contributed by atoms with Gasteiger partial charge in [0, 0.05) is 44.6 Å². The van der Waals surface area contributed by atoms with Gasteiger partial charge in [0.2, 0.25) is 17.5 Å². The van der Waals surface area contributed by atoms with Gasteiger partial charge in [0.15, 0.2) is 17.0 Å². The first kappa shape index (κ1) is 20.2. The molecule has 170 valence electrons. The van der Waals surface area contributed by atoms with Crippen molar-refractivity contribution in [3.8, 4) is 23.0 Å². The van der Waals surface area contributed by atoms with Crippen molar-refractivity contribution in [1.29, 1.82) is 0 Å². The molecule has 0 bridgehead atoms. The van der Waals surface area contributed by atoms with Crippen LogP contribution in [0.2, 0.25) is 0 Å². The number of ether oxygens (including phenoxy) is 1. The summed E-state index contributed by atoms with van der Waals surface area (Å²) in [5.74, 6) is 3.26. The van der Waals surface area contributed by atoms with E-state index in [9.17, 15) is 0 Å². The molecule has 1 unspecified atom stereocenters. The number of imidazole rings is 1. The minimum atomic E-state index is 0.220. The Morgan fingerprint density at radius 3 is 2.67 bits per heavy atom. The normalized spacial score (nSPS) is 19.3. The van der Waals surface area contributed by atoms with Gasteiger partial charge in [-0.3, -0.25) is 4.98 Å². The van der Waals surface area contributed by atoms with Crippen molar-refractivity contribution in [3.63, 3.8) is 0 Å². The molecule has 4 aromatic heterocycles. The Balaban J connectivity index is 1.47. The average Bonchev–Trinajstić information content (AvgIpc) is 3.51. The summed E-state index contributed by atoms with van der Waals surface area (Å²) in [6.07, 6.45) is 5.65. The molecular formula is C22H25N9O2. The van der Waals surface area contributed by atoms with E-state index in [1.165, 1.54) is 0 Å². The number of aromatic nitrogens is 7. The van der Waals surface area contributed by atoms with E-state index in [-0.39, 0.29) is 5.92 Å². The van der Waals surface area contributed by atoms with Crippen LogP contribution in [0, 0.1) is 0 Å². The van der Waals surface area contributed by atoms with Gasteiger partial charge in [-0.2, -0.15) is 4.98 Å². The van der Waals surface area contributed by atoms with Crippen LogP contribution in [0.5, 0.6) is 0 Å². The van der Waals surface area contributed by atoms with Crippen LogP contribution in [-0.2, 0) is 11.8 Å². The summed E-state index contributed by atoms with van der Waals surface area (Å²) in [6.45, 7) is 4.63. The third-order valence-electron chi connectivity index (χ3n) is 6.24. The van der Waals surface area contributed by atoms with Gasteiger partial charge < -0.3 is 24.0 Å². The summed E-state index contributed by atoms with van der Waals surface area (Å²) in [6, 6.07) is 3.88. The van der Waals surface area contributed by atoms with Gasteiger partial charge in [-0.05, 0) is 31.5 Å². The Labute approximate surface area is 190 Å². The van der Waals surface area contributed by atoms with E-state index < -0.39 is 0 Å².